The highest BCUT2D eigenvalue weighted by Gasteiger charge is 2.36. The minimum atomic E-state index is -3.99. The number of hydrogen-bond acceptors (Lipinski definition) is 5. The van der Waals surface area contributed by atoms with Crippen molar-refractivity contribution >= 4 is 27.2 Å². The van der Waals surface area contributed by atoms with Gasteiger partial charge in [-0.25, -0.2) is 17.6 Å². The highest BCUT2D eigenvalue weighted by molar-refractivity contribution is 7.96. The Morgan fingerprint density at radius 3 is 2.50 bits per heavy atom. The van der Waals surface area contributed by atoms with Crippen molar-refractivity contribution in [2.24, 2.45) is 0 Å². The van der Waals surface area contributed by atoms with Crippen LogP contribution >= 0.6 is 0 Å². The number of carbonyl (C=O) groups is 1. The number of fused-ring (bicyclic) bond motifs is 1. The van der Waals surface area contributed by atoms with Gasteiger partial charge in [-0.2, -0.15) is 0 Å². The molecule has 5 nitrogen and oxygen atoms in total. The molecule has 1 aliphatic heterocycles. The summed E-state index contributed by atoms with van der Waals surface area (Å²) in [5.41, 5.74) is 1.56. The summed E-state index contributed by atoms with van der Waals surface area (Å²) in [6, 6.07) is 10.5. The molecule has 1 heterocycles. The van der Waals surface area contributed by atoms with E-state index in [0.29, 0.717) is 16.9 Å². The van der Waals surface area contributed by atoms with Gasteiger partial charge in [-0.15, -0.1) is 0 Å². The molecular formula is C17H14FNO4S. The lowest BCUT2D eigenvalue weighted by Crippen LogP contribution is -2.26. The van der Waals surface area contributed by atoms with E-state index in [1.807, 2.05) is 0 Å². The number of esters is 1. The number of aryl methyl sites for hydroxylation is 1. The van der Waals surface area contributed by atoms with Gasteiger partial charge in [0.1, 0.15) is 5.82 Å². The Hall–Kier alpha value is -2.67. The maximum Gasteiger partial charge on any atom is 0.351 e. The number of para-hydroxylation sites is 1. The van der Waals surface area contributed by atoms with Crippen LogP contribution in [0.4, 0.5) is 15.8 Å². The number of anilines is 2. The molecule has 124 valence electrons. The predicted octanol–water partition coefficient (Wildman–Crippen LogP) is 3.07. The average Bonchev–Trinajstić information content (AvgIpc) is 2.55. The third-order valence-corrected chi connectivity index (χ3v) is 5.53. The van der Waals surface area contributed by atoms with Crippen molar-refractivity contribution in [1.82, 2.24) is 0 Å². The highest BCUT2D eigenvalue weighted by Crippen LogP contribution is 2.40. The van der Waals surface area contributed by atoms with Gasteiger partial charge in [0.15, 0.2) is 4.91 Å². The van der Waals surface area contributed by atoms with Crippen LogP contribution in [-0.4, -0.2) is 21.5 Å². The Morgan fingerprint density at radius 1 is 1.12 bits per heavy atom. The van der Waals surface area contributed by atoms with E-state index in [0.717, 1.165) is 7.11 Å². The van der Waals surface area contributed by atoms with E-state index in [9.17, 15) is 17.6 Å². The van der Waals surface area contributed by atoms with Crippen LogP contribution in [0.2, 0.25) is 0 Å². The lowest BCUT2D eigenvalue weighted by molar-refractivity contribution is -0.135. The number of ether oxygens (including phenoxy) is 1. The molecule has 0 fully saturated rings. The Bertz CT molecular complexity index is 966. The molecule has 0 spiro atoms. The molecule has 0 N–H and O–H groups in total. The number of rotatable bonds is 2. The summed E-state index contributed by atoms with van der Waals surface area (Å²) in [7, 11) is -2.87. The van der Waals surface area contributed by atoms with Crippen LogP contribution in [0.3, 0.4) is 0 Å². The SMILES string of the molecule is COC(=O)C1=CN(c2ccc(F)cc2C)c2ccccc2S1(=O)=O. The van der Waals surface area contributed by atoms with Crippen molar-refractivity contribution in [2.75, 3.05) is 12.0 Å². The molecule has 0 atom stereocenters. The Kier molecular flexibility index (Phi) is 3.88. The summed E-state index contributed by atoms with van der Waals surface area (Å²) in [6.45, 7) is 1.70. The van der Waals surface area contributed by atoms with E-state index in [-0.39, 0.29) is 4.90 Å². The average molecular weight is 347 g/mol. The molecule has 0 saturated heterocycles. The second-order valence-corrected chi connectivity index (χ2v) is 7.14. The third kappa shape index (κ3) is 2.46. The smallest absolute Gasteiger partial charge is 0.351 e. The maximum absolute atomic E-state index is 13.4. The zero-order valence-corrected chi connectivity index (χ0v) is 13.8. The van der Waals surface area contributed by atoms with Gasteiger partial charge in [-0.05, 0) is 42.8 Å². The molecule has 0 aromatic heterocycles. The third-order valence-electron chi connectivity index (χ3n) is 3.76. The molecule has 0 unspecified atom stereocenters. The van der Waals surface area contributed by atoms with Crippen LogP contribution in [-0.2, 0) is 19.4 Å². The first-order chi connectivity index (χ1) is 11.4. The summed E-state index contributed by atoms with van der Waals surface area (Å²) in [6.07, 6.45) is 1.21. The number of methoxy groups -OCH3 is 1. The molecule has 7 heteroatoms. The van der Waals surface area contributed by atoms with Crippen molar-refractivity contribution in [2.45, 2.75) is 11.8 Å². The molecule has 24 heavy (non-hydrogen) atoms. The van der Waals surface area contributed by atoms with Crippen LogP contribution in [0.1, 0.15) is 5.56 Å². The van der Waals surface area contributed by atoms with E-state index < -0.39 is 26.5 Å². The standard InChI is InChI=1S/C17H14FNO4S/c1-11-9-12(18)7-8-13(11)19-10-16(17(20)23-2)24(21,22)15-6-4-3-5-14(15)19/h3-10H,1-2H3. The molecule has 2 aromatic carbocycles. The molecule has 3 rings (SSSR count). The number of halogens is 1. The van der Waals surface area contributed by atoms with Gasteiger partial charge in [0.25, 0.3) is 0 Å². The summed E-state index contributed by atoms with van der Waals surface area (Å²) < 4.78 is 43.3. The fraction of sp³-hybridized carbons (Fsp3) is 0.118. The van der Waals surface area contributed by atoms with Gasteiger partial charge < -0.3 is 9.64 Å². The van der Waals surface area contributed by atoms with Crippen LogP contribution in [0.15, 0.2) is 58.5 Å². The first-order valence-electron chi connectivity index (χ1n) is 7.06. The van der Waals surface area contributed by atoms with Gasteiger partial charge in [-0.1, -0.05) is 12.1 Å². The van der Waals surface area contributed by atoms with Gasteiger partial charge in [0, 0.05) is 11.9 Å². The fourth-order valence-electron chi connectivity index (χ4n) is 2.61. The Labute approximate surface area is 138 Å². The van der Waals surface area contributed by atoms with Crippen molar-refractivity contribution in [3.8, 4) is 0 Å². The fourth-order valence-corrected chi connectivity index (χ4v) is 4.09. The van der Waals surface area contributed by atoms with Crippen molar-refractivity contribution < 1.29 is 22.3 Å². The van der Waals surface area contributed by atoms with E-state index in [4.69, 9.17) is 0 Å². The van der Waals surface area contributed by atoms with E-state index in [1.54, 1.807) is 30.0 Å². The molecular weight excluding hydrogens is 333 g/mol. The second-order valence-electron chi connectivity index (χ2n) is 5.26. The van der Waals surface area contributed by atoms with Crippen LogP contribution in [0.25, 0.3) is 0 Å². The predicted molar refractivity (Wildman–Crippen MR) is 87.0 cm³/mol. The summed E-state index contributed by atoms with van der Waals surface area (Å²) in [5.74, 6) is -1.35. The number of benzene rings is 2. The topological polar surface area (TPSA) is 63.7 Å². The second kappa shape index (κ2) is 5.76. The zero-order valence-electron chi connectivity index (χ0n) is 13.0. The van der Waals surface area contributed by atoms with Gasteiger partial charge >= 0.3 is 5.97 Å². The zero-order chi connectivity index (χ0) is 17.5. The molecule has 0 radical (unpaired) electrons. The number of sulfone groups is 1. The molecule has 0 amide bonds. The van der Waals surface area contributed by atoms with Crippen molar-refractivity contribution in [3.63, 3.8) is 0 Å². The van der Waals surface area contributed by atoms with Crippen molar-refractivity contribution in [3.05, 3.63) is 65.0 Å². The van der Waals surface area contributed by atoms with Crippen molar-refractivity contribution in [1.29, 1.82) is 0 Å². The molecule has 0 saturated carbocycles. The summed E-state index contributed by atoms with van der Waals surface area (Å²) in [4.78, 5) is 13.0. The maximum atomic E-state index is 13.4. The minimum Gasteiger partial charge on any atom is -0.465 e. The lowest BCUT2D eigenvalue weighted by atomic mass is 10.1. The monoisotopic (exact) mass is 347 g/mol. The van der Waals surface area contributed by atoms with Crippen LogP contribution in [0, 0.1) is 12.7 Å². The quantitative estimate of drug-likeness (QED) is 0.781. The van der Waals surface area contributed by atoms with E-state index >= 15 is 0 Å². The normalized spacial score (nSPS) is 15.5. The van der Waals surface area contributed by atoms with Crippen LogP contribution in [0.5, 0.6) is 0 Å². The number of hydrogen-bond donors (Lipinski definition) is 0. The van der Waals surface area contributed by atoms with E-state index in [1.165, 1.54) is 30.5 Å². The summed E-state index contributed by atoms with van der Waals surface area (Å²) in [5, 5.41) is 0. The lowest BCUT2D eigenvalue weighted by Gasteiger charge is -2.29. The highest BCUT2D eigenvalue weighted by atomic mass is 32.2. The van der Waals surface area contributed by atoms with Gasteiger partial charge in [-0.3, -0.25) is 0 Å². The number of nitrogens with zero attached hydrogens (tertiary/aromatic N) is 1. The van der Waals surface area contributed by atoms with Crippen LogP contribution < -0.4 is 4.90 Å². The molecule has 1 aliphatic rings. The minimum absolute atomic E-state index is 0.00312. The number of carbonyl (C=O) groups excluding carboxylic acids is 1. The Balaban J connectivity index is 2.30. The molecule has 2 aromatic rings. The first-order valence-corrected chi connectivity index (χ1v) is 8.54. The first kappa shape index (κ1) is 16.2. The molecule has 0 bridgehead atoms. The van der Waals surface area contributed by atoms with E-state index in [2.05, 4.69) is 4.74 Å². The molecule has 0 aliphatic carbocycles. The Morgan fingerprint density at radius 2 is 1.83 bits per heavy atom. The van der Waals surface area contributed by atoms with Gasteiger partial charge in [0.05, 0.1) is 17.7 Å². The largest absolute Gasteiger partial charge is 0.465 e. The van der Waals surface area contributed by atoms with Gasteiger partial charge in [0.2, 0.25) is 9.84 Å². The summed E-state index contributed by atoms with van der Waals surface area (Å²) >= 11 is 0.